The molecule has 3 atom stereocenters. The van der Waals surface area contributed by atoms with E-state index in [0.29, 0.717) is 29.2 Å². The molecule has 2 N–H and O–H groups in total. The third-order valence-corrected chi connectivity index (χ3v) is 7.66. The highest BCUT2D eigenvalue weighted by Gasteiger charge is 2.26. The summed E-state index contributed by atoms with van der Waals surface area (Å²) >= 11 is 1.92. The summed E-state index contributed by atoms with van der Waals surface area (Å²) in [6, 6.07) is 8.90. The van der Waals surface area contributed by atoms with Gasteiger partial charge in [-0.1, -0.05) is 25.1 Å². The number of hydrogen-bond donors (Lipinski definition) is 2. The monoisotopic (exact) mass is 525 g/mol. The zero-order valence-corrected chi connectivity index (χ0v) is 20.3. The SMILES string of the molecule is CCN=C(NC1CCC(SC)C1)NC(CC)CS(=O)(=O)c1ccccc1.I. The molecule has 0 radical (unpaired) electrons. The molecule has 3 unspecified atom stereocenters. The molecule has 0 aromatic heterocycles. The molecule has 0 bridgehead atoms. The van der Waals surface area contributed by atoms with Gasteiger partial charge in [-0.2, -0.15) is 11.8 Å². The maximum atomic E-state index is 12.7. The first kappa shape index (κ1) is 24.6. The van der Waals surface area contributed by atoms with Crippen LogP contribution in [0.15, 0.2) is 40.2 Å². The van der Waals surface area contributed by atoms with Gasteiger partial charge in [0.2, 0.25) is 0 Å². The van der Waals surface area contributed by atoms with E-state index in [4.69, 9.17) is 0 Å². The van der Waals surface area contributed by atoms with E-state index in [1.165, 1.54) is 6.42 Å². The Balaban J connectivity index is 0.00000364. The summed E-state index contributed by atoms with van der Waals surface area (Å²) < 4.78 is 25.3. The first-order chi connectivity index (χ1) is 12.5. The van der Waals surface area contributed by atoms with E-state index in [0.717, 1.165) is 18.8 Å². The Morgan fingerprint density at radius 1 is 1.26 bits per heavy atom. The van der Waals surface area contributed by atoms with Gasteiger partial charge in [-0.25, -0.2) is 8.42 Å². The van der Waals surface area contributed by atoms with Crippen molar-refractivity contribution in [3.8, 4) is 0 Å². The number of nitrogens with zero attached hydrogens (tertiary/aromatic N) is 1. The molecule has 1 aliphatic rings. The van der Waals surface area contributed by atoms with Gasteiger partial charge in [-0.3, -0.25) is 4.99 Å². The minimum absolute atomic E-state index is 0. The largest absolute Gasteiger partial charge is 0.354 e. The summed E-state index contributed by atoms with van der Waals surface area (Å²) in [5.41, 5.74) is 0. The van der Waals surface area contributed by atoms with Crippen LogP contribution in [0.2, 0.25) is 0 Å². The highest BCUT2D eigenvalue weighted by Crippen LogP contribution is 2.28. The quantitative estimate of drug-likeness (QED) is 0.308. The Morgan fingerprint density at radius 2 is 1.96 bits per heavy atom. The number of benzene rings is 1. The average Bonchev–Trinajstić information content (AvgIpc) is 3.09. The lowest BCUT2D eigenvalue weighted by molar-refractivity contribution is 0.557. The average molecular weight is 526 g/mol. The normalized spacial score (nSPS) is 21.4. The van der Waals surface area contributed by atoms with E-state index in [1.807, 2.05) is 31.7 Å². The van der Waals surface area contributed by atoms with Crippen LogP contribution >= 0.6 is 35.7 Å². The molecular formula is C19H32IN3O2S2. The summed E-state index contributed by atoms with van der Waals surface area (Å²) in [7, 11) is -3.32. The van der Waals surface area contributed by atoms with Crippen molar-refractivity contribution in [2.75, 3.05) is 18.6 Å². The minimum atomic E-state index is -3.32. The standard InChI is InChI=1S/C19H31N3O2S2.HI/c1-4-15(14-26(23,24)18-9-7-6-8-10-18)21-19(20-5-2)22-16-11-12-17(13-16)25-3;/h6-10,15-17H,4-5,11-14H2,1-3H3,(H2,20,21,22);1H. The summed E-state index contributed by atoms with van der Waals surface area (Å²) in [4.78, 5) is 4.90. The lowest BCUT2D eigenvalue weighted by atomic mass is 10.2. The molecular weight excluding hydrogens is 493 g/mol. The van der Waals surface area contributed by atoms with E-state index in [1.54, 1.807) is 24.3 Å². The molecule has 1 aromatic carbocycles. The third-order valence-electron chi connectivity index (χ3n) is 4.73. The van der Waals surface area contributed by atoms with E-state index < -0.39 is 9.84 Å². The third kappa shape index (κ3) is 7.81. The molecule has 0 spiro atoms. The number of nitrogens with one attached hydrogen (secondary N) is 2. The number of halogens is 1. The molecule has 0 amide bonds. The lowest BCUT2D eigenvalue weighted by Gasteiger charge is -2.23. The maximum absolute atomic E-state index is 12.7. The highest BCUT2D eigenvalue weighted by molar-refractivity contribution is 14.0. The Morgan fingerprint density at radius 3 is 2.52 bits per heavy atom. The van der Waals surface area contributed by atoms with Gasteiger partial charge in [0.1, 0.15) is 0 Å². The number of guanidine groups is 1. The van der Waals surface area contributed by atoms with E-state index in [9.17, 15) is 8.42 Å². The van der Waals surface area contributed by atoms with Crippen molar-refractivity contribution < 1.29 is 8.42 Å². The fourth-order valence-electron chi connectivity index (χ4n) is 3.21. The molecule has 2 rings (SSSR count). The van der Waals surface area contributed by atoms with Crippen molar-refractivity contribution in [2.45, 2.75) is 61.8 Å². The topological polar surface area (TPSA) is 70.6 Å². The summed E-state index contributed by atoms with van der Waals surface area (Å²) in [6.45, 7) is 4.65. The van der Waals surface area contributed by atoms with E-state index >= 15 is 0 Å². The molecule has 27 heavy (non-hydrogen) atoms. The van der Waals surface area contributed by atoms with Crippen LogP contribution in [0.5, 0.6) is 0 Å². The Bertz CT molecular complexity index is 683. The highest BCUT2D eigenvalue weighted by atomic mass is 127. The second-order valence-corrected chi connectivity index (χ2v) is 9.85. The number of thioether (sulfide) groups is 1. The van der Waals surface area contributed by atoms with Crippen LogP contribution in [0.1, 0.15) is 39.5 Å². The lowest BCUT2D eigenvalue weighted by Crippen LogP contribution is -2.49. The van der Waals surface area contributed by atoms with Crippen LogP contribution in [-0.4, -0.2) is 50.3 Å². The summed E-state index contributed by atoms with van der Waals surface area (Å²) in [5, 5.41) is 7.55. The van der Waals surface area contributed by atoms with Crippen molar-refractivity contribution in [3.63, 3.8) is 0 Å². The molecule has 8 heteroatoms. The molecule has 1 fully saturated rings. The fraction of sp³-hybridized carbons (Fsp3) is 0.632. The van der Waals surface area contributed by atoms with Crippen molar-refractivity contribution >= 4 is 51.5 Å². The molecule has 1 aromatic rings. The van der Waals surface area contributed by atoms with Gasteiger partial charge in [0, 0.05) is 23.9 Å². The molecule has 0 aliphatic heterocycles. The maximum Gasteiger partial charge on any atom is 0.191 e. The Hall–Kier alpha value is -0.480. The first-order valence-electron chi connectivity index (χ1n) is 9.36. The van der Waals surface area contributed by atoms with Gasteiger partial charge >= 0.3 is 0 Å². The Kier molecular flexibility index (Phi) is 11.1. The fourth-order valence-corrected chi connectivity index (χ4v) is 5.62. The minimum Gasteiger partial charge on any atom is -0.354 e. The molecule has 0 heterocycles. The smallest absolute Gasteiger partial charge is 0.191 e. The van der Waals surface area contributed by atoms with Gasteiger partial charge in [-0.05, 0) is 51.0 Å². The summed E-state index contributed by atoms with van der Waals surface area (Å²) in [6.07, 6.45) is 6.36. The van der Waals surface area contributed by atoms with Gasteiger partial charge in [0.15, 0.2) is 15.8 Å². The number of aliphatic imine (C=N–C) groups is 1. The predicted molar refractivity (Wildman–Crippen MR) is 127 cm³/mol. The first-order valence-corrected chi connectivity index (χ1v) is 12.3. The van der Waals surface area contributed by atoms with Gasteiger partial charge in [0.05, 0.1) is 10.6 Å². The molecule has 0 saturated heterocycles. The van der Waals surface area contributed by atoms with Gasteiger partial charge < -0.3 is 10.6 Å². The number of hydrogen-bond acceptors (Lipinski definition) is 4. The van der Waals surface area contributed by atoms with Gasteiger partial charge in [0.25, 0.3) is 0 Å². The number of rotatable bonds is 8. The summed E-state index contributed by atoms with van der Waals surface area (Å²) in [5.74, 6) is 0.796. The van der Waals surface area contributed by atoms with Gasteiger partial charge in [-0.15, -0.1) is 24.0 Å². The predicted octanol–water partition coefficient (Wildman–Crippen LogP) is 3.70. The van der Waals surface area contributed by atoms with Crippen molar-refractivity contribution in [1.29, 1.82) is 0 Å². The zero-order valence-electron chi connectivity index (χ0n) is 16.3. The second-order valence-electron chi connectivity index (χ2n) is 6.68. The van der Waals surface area contributed by atoms with Crippen LogP contribution < -0.4 is 10.6 Å². The van der Waals surface area contributed by atoms with Crippen LogP contribution in [0, 0.1) is 0 Å². The second kappa shape index (κ2) is 12.2. The molecule has 154 valence electrons. The Labute approximate surface area is 185 Å². The number of sulfone groups is 1. The van der Waals surface area contributed by atoms with Crippen LogP contribution in [0.3, 0.4) is 0 Å². The molecule has 1 saturated carbocycles. The van der Waals surface area contributed by atoms with Crippen LogP contribution in [-0.2, 0) is 9.84 Å². The van der Waals surface area contributed by atoms with Crippen molar-refractivity contribution in [1.82, 2.24) is 10.6 Å². The molecule has 5 nitrogen and oxygen atoms in total. The van der Waals surface area contributed by atoms with Crippen LogP contribution in [0.4, 0.5) is 0 Å². The van der Waals surface area contributed by atoms with Crippen molar-refractivity contribution in [2.24, 2.45) is 4.99 Å². The van der Waals surface area contributed by atoms with Crippen molar-refractivity contribution in [3.05, 3.63) is 30.3 Å². The zero-order chi connectivity index (χ0) is 19.0. The van der Waals surface area contributed by atoms with E-state index in [2.05, 4.69) is 21.9 Å². The van der Waals surface area contributed by atoms with Crippen LogP contribution in [0.25, 0.3) is 0 Å². The molecule has 1 aliphatic carbocycles. The van der Waals surface area contributed by atoms with E-state index in [-0.39, 0.29) is 35.8 Å².